The molecule has 4 nitrogen and oxygen atoms in total. The van der Waals surface area contributed by atoms with Crippen LogP contribution in [0.5, 0.6) is 0 Å². The molecule has 1 unspecified atom stereocenters. The predicted molar refractivity (Wildman–Crippen MR) is 64.7 cm³/mol. The lowest BCUT2D eigenvalue weighted by Crippen LogP contribution is -2.32. The minimum absolute atomic E-state index is 0.00517. The second kappa shape index (κ2) is 4.57. The van der Waals surface area contributed by atoms with Gasteiger partial charge in [0.15, 0.2) is 0 Å². The fraction of sp³-hybridized carbons (Fsp3) is 0.385. The van der Waals surface area contributed by atoms with E-state index in [0.717, 1.165) is 11.1 Å². The summed E-state index contributed by atoms with van der Waals surface area (Å²) in [7, 11) is 0. The maximum Gasteiger partial charge on any atom is 0.318 e. The van der Waals surface area contributed by atoms with Gasteiger partial charge in [0.25, 0.3) is 0 Å². The van der Waals surface area contributed by atoms with Crippen LogP contribution in [0, 0.1) is 6.92 Å². The molecule has 1 atom stereocenters. The zero-order valence-corrected chi connectivity index (χ0v) is 10.1. The average molecular weight is 232 g/mol. The Labute approximate surface area is 101 Å². The van der Waals surface area contributed by atoms with Crippen LogP contribution in [0.2, 0.25) is 0 Å². The van der Waals surface area contributed by atoms with E-state index < -0.39 is 0 Å². The number of aryl methyl sites for hydroxylation is 1. The van der Waals surface area contributed by atoms with E-state index in [1.165, 1.54) is 6.92 Å². The number of carbonyl (C=O) groups excluding carboxylic acids is 2. The minimum atomic E-state index is -0.159. The number of rotatable bonds is 3. The molecule has 1 aliphatic heterocycles. The lowest BCUT2D eigenvalue weighted by molar-refractivity contribution is -0.117. The van der Waals surface area contributed by atoms with Crippen LogP contribution >= 0.6 is 0 Å². The Balaban J connectivity index is 2.14. The van der Waals surface area contributed by atoms with Gasteiger partial charge in [-0.25, -0.2) is 4.79 Å². The highest BCUT2D eigenvalue weighted by atomic mass is 16.2. The molecule has 1 fully saturated rings. The normalized spacial score (nSPS) is 19.3. The Morgan fingerprint density at radius 3 is 2.82 bits per heavy atom. The Kier molecular flexibility index (Phi) is 3.13. The summed E-state index contributed by atoms with van der Waals surface area (Å²) in [5.74, 6) is 0.00517. The van der Waals surface area contributed by atoms with Gasteiger partial charge in [-0.3, -0.25) is 4.79 Å². The molecule has 17 heavy (non-hydrogen) atoms. The molecule has 4 heteroatoms. The number of hydrogen-bond donors (Lipinski definition) is 1. The largest absolute Gasteiger partial charge is 0.329 e. The van der Waals surface area contributed by atoms with Gasteiger partial charge in [-0.1, -0.05) is 24.3 Å². The highest BCUT2D eigenvalue weighted by Gasteiger charge is 2.30. The average Bonchev–Trinajstić information content (AvgIpc) is 2.60. The molecule has 1 saturated heterocycles. The fourth-order valence-corrected chi connectivity index (χ4v) is 2.15. The first-order chi connectivity index (χ1) is 8.08. The summed E-state index contributed by atoms with van der Waals surface area (Å²) < 4.78 is 0. The summed E-state index contributed by atoms with van der Waals surface area (Å²) in [5, 5.41) is 2.90. The molecular formula is C13H16N2O2. The van der Waals surface area contributed by atoms with E-state index in [9.17, 15) is 9.59 Å². The quantitative estimate of drug-likeness (QED) is 0.861. The van der Waals surface area contributed by atoms with Gasteiger partial charge in [0.1, 0.15) is 5.78 Å². The number of nitrogens with one attached hydrogen (secondary N) is 1. The lowest BCUT2D eigenvalue weighted by Gasteiger charge is -2.14. The van der Waals surface area contributed by atoms with Crippen molar-refractivity contribution in [2.24, 2.45) is 0 Å². The summed E-state index contributed by atoms with van der Waals surface area (Å²) in [4.78, 5) is 24.3. The monoisotopic (exact) mass is 232 g/mol. The van der Waals surface area contributed by atoms with Crippen LogP contribution in [0.3, 0.4) is 0 Å². The Morgan fingerprint density at radius 2 is 2.18 bits per heavy atom. The van der Waals surface area contributed by atoms with E-state index in [0.29, 0.717) is 6.54 Å². The standard InChI is InChI=1S/C13H16N2O2/c1-9-5-3-4-6-11(9)12-8-15(7-10(2)16)13(17)14-12/h3-6,12H,7-8H2,1-2H3,(H,14,17). The van der Waals surface area contributed by atoms with Crippen LogP contribution in [-0.2, 0) is 4.79 Å². The number of benzene rings is 1. The Hall–Kier alpha value is -1.84. The van der Waals surface area contributed by atoms with Gasteiger partial charge in [0, 0.05) is 6.54 Å². The van der Waals surface area contributed by atoms with Crippen molar-refractivity contribution in [3.05, 3.63) is 35.4 Å². The molecule has 2 rings (SSSR count). The number of urea groups is 1. The van der Waals surface area contributed by atoms with Gasteiger partial charge in [0.2, 0.25) is 0 Å². The summed E-state index contributed by atoms with van der Waals surface area (Å²) in [6.45, 7) is 4.26. The summed E-state index contributed by atoms with van der Waals surface area (Å²) in [6.07, 6.45) is 0. The van der Waals surface area contributed by atoms with Gasteiger partial charge in [-0.2, -0.15) is 0 Å². The maximum atomic E-state index is 11.7. The predicted octanol–water partition coefficient (Wildman–Crippen LogP) is 1.65. The van der Waals surface area contributed by atoms with Crippen molar-refractivity contribution in [3.63, 3.8) is 0 Å². The zero-order chi connectivity index (χ0) is 12.4. The van der Waals surface area contributed by atoms with Gasteiger partial charge < -0.3 is 10.2 Å². The molecule has 0 aromatic heterocycles. The fourth-order valence-electron chi connectivity index (χ4n) is 2.15. The van der Waals surface area contributed by atoms with Gasteiger partial charge in [-0.15, -0.1) is 0 Å². The summed E-state index contributed by atoms with van der Waals surface area (Å²) in [6, 6.07) is 7.80. The molecule has 0 saturated carbocycles. The molecule has 0 aliphatic carbocycles. The van der Waals surface area contributed by atoms with Crippen LogP contribution < -0.4 is 5.32 Å². The first-order valence-electron chi connectivity index (χ1n) is 5.68. The number of ketones is 1. The molecule has 1 N–H and O–H groups in total. The number of nitrogens with zero attached hydrogens (tertiary/aromatic N) is 1. The molecule has 1 aromatic rings. The van der Waals surface area contributed by atoms with Gasteiger partial charge >= 0.3 is 6.03 Å². The molecule has 2 amide bonds. The van der Waals surface area contributed by atoms with E-state index in [1.54, 1.807) is 4.90 Å². The van der Waals surface area contributed by atoms with E-state index in [4.69, 9.17) is 0 Å². The zero-order valence-electron chi connectivity index (χ0n) is 10.1. The molecule has 0 spiro atoms. The van der Waals surface area contributed by atoms with Crippen molar-refractivity contribution >= 4 is 11.8 Å². The van der Waals surface area contributed by atoms with Crippen molar-refractivity contribution in [1.29, 1.82) is 0 Å². The molecule has 1 aromatic carbocycles. The van der Waals surface area contributed by atoms with E-state index in [-0.39, 0.29) is 24.4 Å². The third kappa shape index (κ3) is 2.46. The molecule has 1 aliphatic rings. The van der Waals surface area contributed by atoms with Crippen molar-refractivity contribution in [3.8, 4) is 0 Å². The van der Waals surface area contributed by atoms with E-state index in [2.05, 4.69) is 5.32 Å². The van der Waals surface area contributed by atoms with Crippen LogP contribution in [0.4, 0.5) is 4.79 Å². The second-order valence-corrected chi connectivity index (χ2v) is 4.44. The smallest absolute Gasteiger partial charge is 0.318 e. The number of carbonyl (C=O) groups is 2. The van der Waals surface area contributed by atoms with Gasteiger partial charge in [-0.05, 0) is 25.0 Å². The van der Waals surface area contributed by atoms with Gasteiger partial charge in [0.05, 0.1) is 12.6 Å². The van der Waals surface area contributed by atoms with Crippen LogP contribution in [0.25, 0.3) is 0 Å². The molecule has 0 bridgehead atoms. The van der Waals surface area contributed by atoms with Crippen LogP contribution in [-0.4, -0.2) is 29.8 Å². The first kappa shape index (κ1) is 11.6. The number of amides is 2. The summed E-state index contributed by atoms with van der Waals surface area (Å²) in [5.41, 5.74) is 2.27. The third-order valence-electron chi connectivity index (χ3n) is 2.97. The Morgan fingerprint density at radius 1 is 1.47 bits per heavy atom. The topological polar surface area (TPSA) is 49.4 Å². The highest BCUT2D eigenvalue weighted by molar-refractivity contribution is 5.85. The maximum absolute atomic E-state index is 11.7. The summed E-state index contributed by atoms with van der Waals surface area (Å²) >= 11 is 0. The molecule has 0 radical (unpaired) electrons. The van der Waals surface area contributed by atoms with Crippen molar-refractivity contribution in [2.75, 3.05) is 13.1 Å². The highest BCUT2D eigenvalue weighted by Crippen LogP contribution is 2.22. The van der Waals surface area contributed by atoms with Crippen molar-refractivity contribution in [2.45, 2.75) is 19.9 Å². The Bertz CT molecular complexity index is 456. The van der Waals surface area contributed by atoms with E-state index >= 15 is 0 Å². The van der Waals surface area contributed by atoms with E-state index in [1.807, 2.05) is 31.2 Å². The molecule has 1 heterocycles. The third-order valence-corrected chi connectivity index (χ3v) is 2.97. The van der Waals surface area contributed by atoms with Crippen molar-refractivity contribution < 1.29 is 9.59 Å². The number of hydrogen-bond acceptors (Lipinski definition) is 2. The van der Waals surface area contributed by atoms with Crippen molar-refractivity contribution in [1.82, 2.24) is 10.2 Å². The molecule has 90 valence electrons. The SMILES string of the molecule is CC(=O)CN1CC(c2ccccc2C)NC1=O. The van der Waals surface area contributed by atoms with Crippen LogP contribution in [0.1, 0.15) is 24.1 Å². The lowest BCUT2D eigenvalue weighted by atomic mass is 10.0. The first-order valence-corrected chi connectivity index (χ1v) is 5.68. The second-order valence-electron chi connectivity index (χ2n) is 4.44. The number of Topliss-reactive ketones (excluding diaryl/α,β-unsaturated/α-hetero) is 1. The molecular weight excluding hydrogens is 216 g/mol. The van der Waals surface area contributed by atoms with Crippen LogP contribution in [0.15, 0.2) is 24.3 Å². The minimum Gasteiger partial charge on any atom is -0.329 e.